The number of carbonyl (C=O) groups is 1. The number of hydrogen-bond donors (Lipinski definition) is 0. The maximum absolute atomic E-state index is 14.2. The Balaban J connectivity index is 2.19. The minimum atomic E-state index is -1.26. The summed E-state index contributed by atoms with van der Waals surface area (Å²) in [4.78, 5) is 11.7. The molecule has 1 unspecified atom stereocenters. The molecule has 124 valence electrons. The van der Waals surface area contributed by atoms with Crippen LogP contribution in [0.4, 0.5) is 13.2 Å². The van der Waals surface area contributed by atoms with Gasteiger partial charge in [-0.2, -0.15) is 0 Å². The SMILES string of the molecule is COC(=O)c1ccc2c(c1)C(c1cc(F)c(F)cc1F)=CC(C)O2. The minimum absolute atomic E-state index is 0.104. The Morgan fingerprint density at radius 1 is 1.04 bits per heavy atom. The van der Waals surface area contributed by atoms with Gasteiger partial charge in [-0.05, 0) is 42.8 Å². The van der Waals surface area contributed by atoms with Gasteiger partial charge >= 0.3 is 5.97 Å². The van der Waals surface area contributed by atoms with Gasteiger partial charge in [-0.15, -0.1) is 0 Å². The molecule has 3 nitrogen and oxygen atoms in total. The van der Waals surface area contributed by atoms with Crippen molar-refractivity contribution in [3.63, 3.8) is 0 Å². The highest BCUT2D eigenvalue weighted by Gasteiger charge is 2.24. The molecule has 0 spiro atoms. The highest BCUT2D eigenvalue weighted by atomic mass is 19.2. The maximum atomic E-state index is 14.2. The Bertz CT molecular complexity index is 859. The average Bonchev–Trinajstić information content (AvgIpc) is 2.56. The number of fused-ring (bicyclic) bond motifs is 1. The van der Waals surface area contributed by atoms with E-state index in [4.69, 9.17) is 4.74 Å². The van der Waals surface area contributed by atoms with Crippen LogP contribution in [0.3, 0.4) is 0 Å². The molecule has 0 N–H and O–H groups in total. The molecule has 1 atom stereocenters. The number of halogens is 3. The summed E-state index contributed by atoms with van der Waals surface area (Å²) in [6.07, 6.45) is 1.18. The standard InChI is InChI=1S/C18H13F3O3/c1-9-5-11(12-7-15(20)16(21)8-14(12)19)13-6-10(18(22)23-2)3-4-17(13)24-9/h3-9H,1-2H3. The van der Waals surface area contributed by atoms with Crippen molar-refractivity contribution >= 4 is 11.5 Å². The van der Waals surface area contributed by atoms with Crippen LogP contribution in [-0.4, -0.2) is 19.2 Å². The monoisotopic (exact) mass is 334 g/mol. The van der Waals surface area contributed by atoms with Crippen molar-refractivity contribution in [2.24, 2.45) is 0 Å². The van der Waals surface area contributed by atoms with Crippen LogP contribution in [0.2, 0.25) is 0 Å². The van der Waals surface area contributed by atoms with Crippen LogP contribution in [0, 0.1) is 17.5 Å². The summed E-state index contributed by atoms with van der Waals surface area (Å²) >= 11 is 0. The third kappa shape index (κ3) is 2.75. The lowest BCUT2D eigenvalue weighted by atomic mass is 9.92. The third-order valence-corrected chi connectivity index (χ3v) is 3.71. The summed E-state index contributed by atoms with van der Waals surface area (Å²) in [5.41, 5.74) is 0.863. The number of hydrogen-bond acceptors (Lipinski definition) is 3. The minimum Gasteiger partial charge on any atom is -0.486 e. The molecule has 0 aromatic heterocycles. The second kappa shape index (κ2) is 6.03. The van der Waals surface area contributed by atoms with E-state index in [-0.39, 0.29) is 11.1 Å². The largest absolute Gasteiger partial charge is 0.486 e. The molecule has 0 aliphatic carbocycles. The number of carbonyl (C=O) groups excluding carboxylic acids is 1. The summed E-state index contributed by atoms with van der Waals surface area (Å²) in [6, 6.07) is 5.84. The molecule has 0 fully saturated rings. The maximum Gasteiger partial charge on any atom is 0.337 e. The van der Waals surface area contributed by atoms with E-state index in [1.54, 1.807) is 19.1 Å². The summed E-state index contributed by atoms with van der Waals surface area (Å²) < 4.78 is 51.2. The number of ether oxygens (including phenoxy) is 2. The second-order valence-corrected chi connectivity index (χ2v) is 5.35. The molecule has 2 aromatic rings. The van der Waals surface area contributed by atoms with Crippen molar-refractivity contribution < 1.29 is 27.4 Å². The Morgan fingerprint density at radius 3 is 2.46 bits per heavy atom. The first-order valence-corrected chi connectivity index (χ1v) is 7.17. The zero-order chi connectivity index (χ0) is 17.4. The second-order valence-electron chi connectivity index (χ2n) is 5.35. The van der Waals surface area contributed by atoms with E-state index >= 15 is 0 Å². The Hall–Kier alpha value is -2.76. The van der Waals surface area contributed by atoms with Gasteiger partial charge in [-0.3, -0.25) is 0 Å². The van der Waals surface area contributed by atoms with Crippen molar-refractivity contribution in [2.75, 3.05) is 7.11 Å². The van der Waals surface area contributed by atoms with Crippen LogP contribution in [0.15, 0.2) is 36.4 Å². The Labute approximate surface area is 136 Å². The van der Waals surface area contributed by atoms with E-state index in [2.05, 4.69) is 4.74 Å². The van der Waals surface area contributed by atoms with Gasteiger partial charge in [0.2, 0.25) is 0 Å². The van der Waals surface area contributed by atoms with E-state index in [0.29, 0.717) is 23.0 Å². The predicted octanol–water partition coefficient (Wildman–Crippen LogP) is 4.10. The van der Waals surface area contributed by atoms with Crippen molar-refractivity contribution in [1.29, 1.82) is 0 Å². The fourth-order valence-electron chi connectivity index (χ4n) is 2.61. The van der Waals surface area contributed by atoms with Crippen LogP contribution in [0.5, 0.6) is 5.75 Å². The van der Waals surface area contributed by atoms with Gasteiger partial charge in [0.25, 0.3) is 0 Å². The number of rotatable bonds is 2. The Kier molecular flexibility index (Phi) is 4.05. The van der Waals surface area contributed by atoms with Crippen LogP contribution in [0.25, 0.3) is 5.57 Å². The first-order valence-electron chi connectivity index (χ1n) is 7.17. The van der Waals surface area contributed by atoms with E-state index in [0.717, 1.165) is 6.07 Å². The summed E-state index contributed by atoms with van der Waals surface area (Å²) in [6.45, 7) is 1.73. The van der Waals surface area contributed by atoms with Gasteiger partial charge < -0.3 is 9.47 Å². The summed E-state index contributed by atoms with van der Waals surface area (Å²) in [5, 5.41) is 0. The van der Waals surface area contributed by atoms with Crippen LogP contribution in [-0.2, 0) is 4.74 Å². The molecule has 0 saturated carbocycles. The number of esters is 1. The molecule has 0 radical (unpaired) electrons. The zero-order valence-electron chi connectivity index (χ0n) is 12.9. The van der Waals surface area contributed by atoms with Gasteiger partial charge in [0, 0.05) is 17.2 Å². The molecule has 2 aromatic carbocycles. The topological polar surface area (TPSA) is 35.5 Å². The molecule has 1 aliphatic heterocycles. The first-order chi connectivity index (χ1) is 11.4. The van der Waals surface area contributed by atoms with E-state index in [1.807, 2.05) is 0 Å². The Morgan fingerprint density at radius 2 is 1.75 bits per heavy atom. The lowest BCUT2D eigenvalue weighted by Crippen LogP contribution is -2.16. The predicted molar refractivity (Wildman–Crippen MR) is 81.3 cm³/mol. The first kappa shape index (κ1) is 16.1. The molecule has 6 heteroatoms. The zero-order valence-corrected chi connectivity index (χ0v) is 12.9. The third-order valence-electron chi connectivity index (χ3n) is 3.71. The van der Waals surface area contributed by atoms with Crippen molar-refractivity contribution in [3.8, 4) is 5.75 Å². The lowest BCUT2D eigenvalue weighted by Gasteiger charge is -2.24. The fourth-order valence-corrected chi connectivity index (χ4v) is 2.61. The van der Waals surface area contributed by atoms with Gasteiger partial charge in [-0.25, -0.2) is 18.0 Å². The van der Waals surface area contributed by atoms with Crippen LogP contribution < -0.4 is 4.74 Å². The number of benzene rings is 2. The quantitative estimate of drug-likeness (QED) is 0.613. The van der Waals surface area contributed by atoms with Crippen molar-refractivity contribution in [3.05, 3.63) is 70.5 Å². The average molecular weight is 334 g/mol. The van der Waals surface area contributed by atoms with Crippen molar-refractivity contribution in [1.82, 2.24) is 0 Å². The molecule has 0 amide bonds. The van der Waals surface area contributed by atoms with Gasteiger partial charge in [0.1, 0.15) is 17.7 Å². The molecular weight excluding hydrogens is 321 g/mol. The molecule has 0 bridgehead atoms. The normalized spacial score (nSPS) is 16.0. The highest BCUT2D eigenvalue weighted by Crippen LogP contribution is 2.38. The molecule has 1 aliphatic rings. The van der Waals surface area contributed by atoms with Gasteiger partial charge in [0.05, 0.1) is 12.7 Å². The number of methoxy groups -OCH3 is 1. The molecule has 0 saturated heterocycles. The van der Waals surface area contributed by atoms with Crippen LogP contribution in [0.1, 0.15) is 28.4 Å². The molecule has 3 rings (SSSR count). The summed E-state index contributed by atoms with van der Waals surface area (Å²) in [7, 11) is 1.24. The van der Waals surface area contributed by atoms with E-state index in [9.17, 15) is 18.0 Å². The fraction of sp³-hybridized carbons (Fsp3) is 0.167. The highest BCUT2D eigenvalue weighted by molar-refractivity contribution is 5.93. The van der Waals surface area contributed by atoms with Crippen molar-refractivity contribution in [2.45, 2.75) is 13.0 Å². The van der Waals surface area contributed by atoms with E-state index < -0.39 is 29.5 Å². The molecular formula is C18H13F3O3. The molecule has 24 heavy (non-hydrogen) atoms. The lowest BCUT2D eigenvalue weighted by molar-refractivity contribution is 0.0600. The smallest absolute Gasteiger partial charge is 0.337 e. The summed E-state index contributed by atoms with van der Waals surface area (Å²) in [5.74, 6) is -3.47. The van der Waals surface area contributed by atoms with Gasteiger partial charge in [-0.1, -0.05) is 0 Å². The molecule has 1 heterocycles. The van der Waals surface area contributed by atoms with E-state index in [1.165, 1.54) is 19.2 Å². The van der Waals surface area contributed by atoms with Gasteiger partial charge in [0.15, 0.2) is 11.6 Å². The van der Waals surface area contributed by atoms with Crippen LogP contribution >= 0.6 is 0 Å².